The van der Waals surface area contributed by atoms with Crippen LogP contribution in [0.5, 0.6) is 0 Å². The normalized spacial score (nSPS) is 22.4. The molecule has 3 rings (SSSR count). The van der Waals surface area contributed by atoms with Crippen molar-refractivity contribution in [3.05, 3.63) is 71.8 Å². The van der Waals surface area contributed by atoms with Gasteiger partial charge in [0.2, 0.25) is 11.8 Å². The molecule has 2 atom stereocenters. The molecular formula is C21H24N2O2. The van der Waals surface area contributed by atoms with Crippen molar-refractivity contribution in [1.82, 2.24) is 10.6 Å². The maximum atomic E-state index is 13.0. The monoisotopic (exact) mass is 336 g/mol. The Morgan fingerprint density at radius 1 is 0.600 bits per heavy atom. The van der Waals surface area contributed by atoms with Gasteiger partial charge >= 0.3 is 0 Å². The predicted molar refractivity (Wildman–Crippen MR) is 98.2 cm³/mol. The lowest BCUT2D eigenvalue weighted by molar-refractivity contribution is -0.129. The van der Waals surface area contributed by atoms with E-state index in [9.17, 15) is 9.59 Å². The standard InChI is InChI=1S/C21H24N2O2/c24-20-18(16-10-4-1-5-11-16)19(17-12-6-2-7-13-17)21(25)23-15-9-3-8-14-22-20/h1-2,4-7,10-13,18-19H,3,8-9,14-15H2,(H,22,24)(H,23,25)/t18-,19-/m0/s1. The molecule has 2 aromatic rings. The predicted octanol–water partition coefficient (Wildman–Crippen LogP) is 2.97. The fourth-order valence-electron chi connectivity index (χ4n) is 3.38. The van der Waals surface area contributed by atoms with Gasteiger partial charge in [0.25, 0.3) is 0 Å². The number of amides is 2. The molecular weight excluding hydrogens is 312 g/mol. The Labute approximate surface area is 148 Å². The van der Waals surface area contributed by atoms with Crippen LogP contribution in [0, 0.1) is 0 Å². The summed E-state index contributed by atoms with van der Waals surface area (Å²) in [6.45, 7) is 1.30. The first-order valence-electron chi connectivity index (χ1n) is 8.92. The molecule has 0 aromatic heterocycles. The molecule has 4 nitrogen and oxygen atoms in total. The van der Waals surface area contributed by atoms with Crippen LogP contribution in [0.15, 0.2) is 60.7 Å². The van der Waals surface area contributed by atoms with Crippen LogP contribution >= 0.6 is 0 Å². The third kappa shape index (κ3) is 4.27. The van der Waals surface area contributed by atoms with Gasteiger partial charge in [-0.15, -0.1) is 0 Å². The summed E-state index contributed by atoms with van der Waals surface area (Å²) in [6.07, 6.45) is 2.85. The summed E-state index contributed by atoms with van der Waals surface area (Å²) < 4.78 is 0. The summed E-state index contributed by atoms with van der Waals surface area (Å²) in [5.74, 6) is -1.25. The van der Waals surface area contributed by atoms with Crippen LogP contribution in [0.3, 0.4) is 0 Å². The fraction of sp³-hybridized carbons (Fsp3) is 0.333. The minimum Gasteiger partial charge on any atom is -0.356 e. The molecule has 2 amide bonds. The van der Waals surface area contributed by atoms with Crippen molar-refractivity contribution in [3.8, 4) is 0 Å². The second-order valence-electron chi connectivity index (χ2n) is 6.42. The molecule has 0 unspecified atom stereocenters. The average Bonchev–Trinajstić information content (AvgIpc) is 2.68. The van der Waals surface area contributed by atoms with E-state index in [1.807, 2.05) is 60.7 Å². The van der Waals surface area contributed by atoms with Gasteiger partial charge in [-0.25, -0.2) is 0 Å². The second-order valence-corrected chi connectivity index (χ2v) is 6.42. The van der Waals surface area contributed by atoms with Crippen LogP contribution in [0.25, 0.3) is 0 Å². The Hall–Kier alpha value is -2.62. The summed E-state index contributed by atoms with van der Waals surface area (Å²) in [5, 5.41) is 6.06. The summed E-state index contributed by atoms with van der Waals surface area (Å²) >= 11 is 0. The number of carbonyl (C=O) groups excluding carboxylic acids is 2. The van der Waals surface area contributed by atoms with Gasteiger partial charge < -0.3 is 10.6 Å². The van der Waals surface area contributed by atoms with E-state index in [0.29, 0.717) is 13.1 Å². The van der Waals surface area contributed by atoms with Gasteiger partial charge in [0.05, 0.1) is 11.8 Å². The molecule has 1 aliphatic heterocycles. The lowest BCUT2D eigenvalue weighted by Gasteiger charge is -2.26. The number of benzene rings is 2. The third-order valence-electron chi connectivity index (χ3n) is 4.67. The van der Waals surface area contributed by atoms with Crippen LogP contribution in [0.1, 0.15) is 42.2 Å². The zero-order valence-corrected chi connectivity index (χ0v) is 14.3. The molecule has 0 saturated carbocycles. The molecule has 130 valence electrons. The summed E-state index contributed by atoms with van der Waals surface area (Å²) in [7, 11) is 0. The Bertz CT molecular complexity index is 639. The van der Waals surface area contributed by atoms with Crippen LogP contribution in [-0.4, -0.2) is 24.9 Å². The Morgan fingerprint density at radius 2 is 1.00 bits per heavy atom. The van der Waals surface area contributed by atoms with E-state index in [4.69, 9.17) is 0 Å². The highest BCUT2D eigenvalue weighted by atomic mass is 16.2. The summed E-state index contributed by atoms with van der Waals surface area (Å²) in [4.78, 5) is 26.0. The lowest BCUT2D eigenvalue weighted by atomic mass is 9.80. The van der Waals surface area contributed by atoms with E-state index < -0.39 is 11.8 Å². The molecule has 0 radical (unpaired) electrons. The van der Waals surface area contributed by atoms with Gasteiger partial charge in [-0.05, 0) is 30.4 Å². The minimum absolute atomic E-state index is 0.0860. The summed E-state index contributed by atoms with van der Waals surface area (Å²) in [5.41, 5.74) is 1.73. The number of nitrogens with one attached hydrogen (secondary N) is 2. The van der Waals surface area contributed by atoms with E-state index in [0.717, 1.165) is 30.4 Å². The van der Waals surface area contributed by atoms with Crippen molar-refractivity contribution in [2.24, 2.45) is 0 Å². The van der Waals surface area contributed by atoms with Gasteiger partial charge in [0, 0.05) is 13.1 Å². The molecule has 25 heavy (non-hydrogen) atoms. The van der Waals surface area contributed by atoms with Crippen molar-refractivity contribution in [2.75, 3.05) is 13.1 Å². The second kappa shape index (κ2) is 8.47. The Morgan fingerprint density at radius 3 is 1.40 bits per heavy atom. The molecule has 1 fully saturated rings. The maximum Gasteiger partial charge on any atom is 0.228 e. The van der Waals surface area contributed by atoms with Gasteiger partial charge in [-0.3, -0.25) is 9.59 Å². The maximum absolute atomic E-state index is 13.0. The van der Waals surface area contributed by atoms with Gasteiger partial charge in [-0.2, -0.15) is 0 Å². The van der Waals surface area contributed by atoms with Crippen molar-refractivity contribution < 1.29 is 9.59 Å². The van der Waals surface area contributed by atoms with Crippen molar-refractivity contribution in [1.29, 1.82) is 0 Å². The van der Waals surface area contributed by atoms with E-state index in [1.54, 1.807) is 0 Å². The number of hydrogen-bond acceptors (Lipinski definition) is 2. The van der Waals surface area contributed by atoms with Gasteiger partial charge in [-0.1, -0.05) is 60.7 Å². The molecule has 1 heterocycles. The molecule has 1 aliphatic rings. The van der Waals surface area contributed by atoms with Crippen molar-refractivity contribution in [2.45, 2.75) is 31.1 Å². The molecule has 1 saturated heterocycles. The highest BCUT2D eigenvalue weighted by Crippen LogP contribution is 2.34. The van der Waals surface area contributed by atoms with E-state index in [1.165, 1.54) is 0 Å². The van der Waals surface area contributed by atoms with Crippen LogP contribution in [0.2, 0.25) is 0 Å². The van der Waals surface area contributed by atoms with Crippen molar-refractivity contribution in [3.63, 3.8) is 0 Å². The third-order valence-corrected chi connectivity index (χ3v) is 4.67. The van der Waals surface area contributed by atoms with E-state index >= 15 is 0 Å². The van der Waals surface area contributed by atoms with Gasteiger partial charge in [0.1, 0.15) is 0 Å². The number of hydrogen-bond donors (Lipinski definition) is 2. The number of carbonyl (C=O) groups is 2. The molecule has 0 aliphatic carbocycles. The largest absolute Gasteiger partial charge is 0.356 e. The fourth-order valence-corrected chi connectivity index (χ4v) is 3.38. The molecule has 2 N–H and O–H groups in total. The van der Waals surface area contributed by atoms with Crippen molar-refractivity contribution >= 4 is 11.8 Å². The SMILES string of the molecule is O=C1NCCCCCNC(=O)[C@@H](c2ccccc2)[C@@H]1c1ccccc1. The zero-order chi connectivity index (χ0) is 17.5. The zero-order valence-electron chi connectivity index (χ0n) is 14.3. The first-order chi connectivity index (χ1) is 12.3. The Kier molecular flexibility index (Phi) is 5.83. The van der Waals surface area contributed by atoms with Crippen LogP contribution in [0.4, 0.5) is 0 Å². The van der Waals surface area contributed by atoms with Crippen LogP contribution < -0.4 is 10.6 Å². The number of rotatable bonds is 2. The Balaban J connectivity index is 2.05. The molecule has 0 bridgehead atoms. The minimum atomic E-state index is -0.540. The first-order valence-corrected chi connectivity index (χ1v) is 8.92. The van der Waals surface area contributed by atoms with E-state index in [-0.39, 0.29) is 11.8 Å². The first kappa shape index (κ1) is 17.2. The topological polar surface area (TPSA) is 58.2 Å². The average molecular weight is 336 g/mol. The molecule has 2 aromatic carbocycles. The molecule has 4 heteroatoms. The smallest absolute Gasteiger partial charge is 0.228 e. The lowest BCUT2D eigenvalue weighted by Crippen LogP contribution is -2.39. The van der Waals surface area contributed by atoms with Crippen LogP contribution in [-0.2, 0) is 9.59 Å². The highest BCUT2D eigenvalue weighted by molar-refractivity contribution is 5.94. The quantitative estimate of drug-likeness (QED) is 0.886. The van der Waals surface area contributed by atoms with E-state index in [2.05, 4.69) is 10.6 Å². The summed E-state index contributed by atoms with van der Waals surface area (Å²) in [6, 6.07) is 19.2. The molecule has 0 spiro atoms. The van der Waals surface area contributed by atoms with Gasteiger partial charge in [0.15, 0.2) is 0 Å². The highest BCUT2D eigenvalue weighted by Gasteiger charge is 2.36.